The van der Waals surface area contributed by atoms with Crippen molar-refractivity contribution in [1.29, 1.82) is 0 Å². The van der Waals surface area contributed by atoms with Crippen molar-refractivity contribution in [3.63, 3.8) is 0 Å². The number of piperidine rings is 1. The number of pyridine rings is 1. The molecule has 0 spiro atoms. The Hall–Kier alpha value is -1.13. The first kappa shape index (κ1) is 14.3. The molecule has 0 radical (unpaired) electrons. The quantitative estimate of drug-likeness (QED) is 0.902. The summed E-state index contributed by atoms with van der Waals surface area (Å²) in [5, 5.41) is 0. The fraction of sp³-hybridized carbons (Fsp3) is 0.667. The molecule has 1 saturated heterocycles. The molecule has 4 nitrogen and oxygen atoms in total. The summed E-state index contributed by atoms with van der Waals surface area (Å²) in [6.45, 7) is 7.78. The maximum absolute atomic E-state index is 5.85. The van der Waals surface area contributed by atoms with Gasteiger partial charge in [0.1, 0.15) is 5.82 Å². The normalized spacial score (nSPS) is 19.4. The minimum absolute atomic E-state index is 0.0552. The molecule has 1 aliphatic heterocycles. The van der Waals surface area contributed by atoms with E-state index in [-0.39, 0.29) is 6.04 Å². The summed E-state index contributed by atoms with van der Waals surface area (Å²) in [5.74, 6) is 1.05. The molecule has 2 rings (SSSR count). The largest absolute Gasteiger partial charge is 0.357 e. The molecular weight excluding hydrogens is 236 g/mol. The van der Waals surface area contributed by atoms with Gasteiger partial charge in [-0.1, -0.05) is 13.0 Å². The van der Waals surface area contributed by atoms with Gasteiger partial charge in [-0.15, -0.1) is 0 Å². The first-order valence-electron chi connectivity index (χ1n) is 7.28. The zero-order chi connectivity index (χ0) is 13.8. The second-order valence-corrected chi connectivity index (χ2v) is 5.51. The number of rotatable bonds is 4. The lowest BCUT2D eigenvalue weighted by Gasteiger charge is -2.36. The van der Waals surface area contributed by atoms with E-state index in [0.717, 1.165) is 17.9 Å². The molecule has 0 aromatic carbocycles. The van der Waals surface area contributed by atoms with Crippen molar-refractivity contribution in [3.8, 4) is 0 Å². The van der Waals surface area contributed by atoms with Crippen LogP contribution >= 0.6 is 0 Å². The minimum Gasteiger partial charge on any atom is -0.357 e. The fourth-order valence-corrected chi connectivity index (χ4v) is 2.69. The van der Waals surface area contributed by atoms with Crippen molar-refractivity contribution in [1.82, 2.24) is 9.88 Å². The van der Waals surface area contributed by atoms with E-state index in [1.165, 1.54) is 25.9 Å². The molecule has 1 aromatic rings. The van der Waals surface area contributed by atoms with E-state index in [9.17, 15) is 0 Å². The van der Waals surface area contributed by atoms with Gasteiger partial charge in [0.2, 0.25) is 0 Å². The number of likely N-dealkylation sites (tertiary alicyclic amines) is 1. The maximum atomic E-state index is 5.85. The molecular formula is C15H26N4. The summed E-state index contributed by atoms with van der Waals surface area (Å²) >= 11 is 0. The Labute approximate surface area is 116 Å². The average Bonchev–Trinajstić information content (AvgIpc) is 2.46. The van der Waals surface area contributed by atoms with Crippen LogP contribution in [-0.2, 0) is 0 Å². The molecule has 0 saturated carbocycles. The number of anilines is 1. The maximum Gasteiger partial charge on any atom is 0.128 e. The molecule has 4 heteroatoms. The lowest BCUT2D eigenvalue weighted by Crippen LogP contribution is -2.43. The molecule has 2 N–H and O–H groups in total. The van der Waals surface area contributed by atoms with Crippen molar-refractivity contribution in [2.45, 2.75) is 38.8 Å². The van der Waals surface area contributed by atoms with Gasteiger partial charge in [-0.2, -0.15) is 0 Å². The van der Waals surface area contributed by atoms with Crippen molar-refractivity contribution in [2.75, 3.05) is 31.6 Å². The van der Waals surface area contributed by atoms with Crippen LogP contribution in [0, 0.1) is 0 Å². The Morgan fingerprint density at radius 1 is 1.42 bits per heavy atom. The summed E-state index contributed by atoms with van der Waals surface area (Å²) in [7, 11) is 2.15. The first-order chi connectivity index (χ1) is 9.11. The summed E-state index contributed by atoms with van der Waals surface area (Å²) in [6, 6.07) is 4.84. The Morgan fingerprint density at radius 2 is 2.11 bits per heavy atom. The summed E-state index contributed by atoms with van der Waals surface area (Å²) < 4.78 is 0. The van der Waals surface area contributed by atoms with Crippen molar-refractivity contribution >= 4 is 5.82 Å². The molecule has 1 atom stereocenters. The molecule has 0 aliphatic carbocycles. The SMILES string of the molecule is CCN1CCC(N(C)c2ccc(C(C)N)cn2)CC1. The monoisotopic (exact) mass is 262 g/mol. The van der Waals surface area contributed by atoms with Crippen molar-refractivity contribution < 1.29 is 0 Å². The van der Waals surface area contributed by atoms with Crippen LogP contribution in [0.5, 0.6) is 0 Å². The van der Waals surface area contributed by atoms with E-state index < -0.39 is 0 Å². The highest BCUT2D eigenvalue weighted by Crippen LogP contribution is 2.21. The van der Waals surface area contributed by atoms with Crippen LogP contribution in [0.3, 0.4) is 0 Å². The highest BCUT2D eigenvalue weighted by atomic mass is 15.2. The number of hydrogen-bond donors (Lipinski definition) is 1. The van der Waals surface area contributed by atoms with Gasteiger partial charge in [0.25, 0.3) is 0 Å². The van der Waals surface area contributed by atoms with Crippen LogP contribution in [0.25, 0.3) is 0 Å². The van der Waals surface area contributed by atoms with Crippen LogP contribution in [0.1, 0.15) is 38.3 Å². The third-order valence-corrected chi connectivity index (χ3v) is 4.21. The summed E-state index contributed by atoms with van der Waals surface area (Å²) in [6.07, 6.45) is 4.35. The van der Waals surface area contributed by atoms with Crippen LogP contribution < -0.4 is 10.6 Å². The predicted octanol–water partition coefficient (Wildman–Crippen LogP) is 2.02. The molecule has 1 fully saturated rings. The van der Waals surface area contributed by atoms with Crippen LogP contribution in [0.2, 0.25) is 0 Å². The average molecular weight is 262 g/mol. The predicted molar refractivity (Wildman–Crippen MR) is 80.4 cm³/mol. The van der Waals surface area contributed by atoms with Crippen LogP contribution in [-0.4, -0.2) is 42.6 Å². The van der Waals surface area contributed by atoms with Crippen molar-refractivity contribution in [3.05, 3.63) is 23.9 Å². The van der Waals surface area contributed by atoms with Crippen LogP contribution in [0.4, 0.5) is 5.82 Å². The molecule has 1 aromatic heterocycles. The van der Waals surface area contributed by atoms with E-state index in [0.29, 0.717) is 6.04 Å². The van der Waals surface area contributed by atoms with Gasteiger partial charge in [0, 0.05) is 38.4 Å². The lowest BCUT2D eigenvalue weighted by atomic mass is 10.0. The Balaban J connectivity index is 1.97. The van der Waals surface area contributed by atoms with E-state index in [1.54, 1.807) is 0 Å². The molecule has 0 bridgehead atoms. The molecule has 2 heterocycles. The Morgan fingerprint density at radius 3 is 2.58 bits per heavy atom. The Bertz CT molecular complexity index is 380. The standard InChI is InChI=1S/C15H26N4/c1-4-19-9-7-14(8-10-19)18(3)15-6-5-13(11-17-15)12(2)16/h5-6,11-12,14H,4,7-10,16H2,1-3H3. The first-order valence-corrected chi connectivity index (χ1v) is 7.28. The molecule has 1 unspecified atom stereocenters. The number of aromatic nitrogens is 1. The van der Waals surface area contributed by atoms with Gasteiger partial charge in [-0.3, -0.25) is 0 Å². The number of hydrogen-bond acceptors (Lipinski definition) is 4. The highest BCUT2D eigenvalue weighted by molar-refractivity contribution is 5.40. The zero-order valence-corrected chi connectivity index (χ0v) is 12.3. The topological polar surface area (TPSA) is 45.4 Å². The highest BCUT2D eigenvalue weighted by Gasteiger charge is 2.22. The second kappa shape index (κ2) is 6.35. The fourth-order valence-electron chi connectivity index (χ4n) is 2.69. The third kappa shape index (κ3) is 3.45. The van der Waals surface area contributed by atoms with Gasteiger partial charge >= 0.3 is 0 Å². The Kier molecular flexibility index (Phi) is 4.77. The smallest absolute Gasteiger partial charge is 0.128 e. The molecule has 106 valence electrons. The minimum atomic E-state index is 0.0552. The van der Waals surface area contributed by atoms with Gasteiger partial charge in [-0.05, 0) is 37.9 Å². The zero-order valence-electron chi connectivity index (χ0n) is 12.3. The van der Waals surface area contributed by atoms with E-state index >= 15 is 0 Å². The second-order valence-electron chi connectivity index (χ2n) is 5.51. The van der Waals surface area contributed by atoms with E-state index in [2.05, 4.69) is 40.9 Å². The number of nitrogens with two attached hydrogens (primary N) is 1. The lowest BCUT2D eigenvalue weighted by molar-refractivity contribution is 0.220. The van der Waals surface area contributed by atoms with Crippen LogP contribution in [0.15, 0.2) is 18.3 Å². The molecule has 1 aliphatic rings. The number of nitrogens with zero attached hydrogens (tertiary/aromatic N) is 3. The van der Waals surface area contributed by atoms with Gasteiger partial charge in [0.05, 0.1) is 0 Å². The third-order valence-electron chi connectivity index (χ3n) is 4.21. The molecule has 0 amide bonds. The van der Waals surface area contributed by atoms with Gasteiger partial charge < -0.3 is 15.5 Å². The van der Waals surface area contributed by atoms with E-state index in [1.807, 2.05) is 13.1 Å². The van der Waals surface area contributed by atoms with E-state index in [4.69, 9.17) is 5.73 Å². The van der Waals surface area contributed by atoms with Gasteiger partial charge in [0.15, 0.2) is 0 Å². The van der Waals surface area contributed by atoms with Crippen molar-refractivity contribution in [2.24, 2.45) is 5.73 Å². The summed E-state index contributed by atoms with van der Waals surface area (Å²) in [4.78, 5) is 9.37. The van der Waals surface area contributed by atoms with Gasteiger partial charge in [-0.25, -0.2) is 4.98 Å². The molecule has 19 heavy (non-hydrogen) atoms. The summed E-state index contributed by atoms with van der Waals surface area (Å²) in [5.41, 5.74) is 6.95.